The third kappa shape index (κ3) is 4.51. The summed E-state index contributed by atoms with van der Waals surface area (Å²) in [6.07, 6.45) is 0.683. The molecule has 1 heterocycles. The molecule has 0 radical (unpaired) electrons. The fourth-order valence-electron chi connectivity index (χ4n) is 2.90. The first-order valence-corrected chi connectivity index (χ1v) is 10.1. The minimum atomic E-state index is -3.58. The van der Waals surface area contributed by atoms with E-state index in [-0.39, 0.29) is 33.4 Å². The van der Waals surface area contributed by atoms with E-state index >= 15 is 0 Å². The maximum atomic E-state index is 13.8. The third-order valence-electron chi connectivity index (χ3n) is 4.43. The molecule has 1 aliphatic heterocycles. The van der Waals surface area contributed by atoms with Crippen LogP contribution in [0.25, 0.3) is 0 Å². The van der Waals surface area contributed by atoms with E-state index in [9.17, 15) is 22.0 Å². The summed E-state index contributed by atoms with van der Waals surface area (Å²) < 4.78 is 57.5. The summed E-state index contributed by atoms with van der Waals surface area (Å²) in [5.74, 6) is -2.42. The molecule has 8 heteroatoms. The summed E-state index contributed by atoms with van der Waals surface area (Å²) >= 11 is 0. The van der Waals surface area contributed by atoms with Crippen LogP contribution in [-0.2, 0) is 14.6 Å². The van der Waals surface area contributed by atoms with Crippen LogP contribution in [0.1, 0.15) is 22.3 Å². The van der Waals surface area contributed by atoms with E-state index in [2.05, 4.69) is 5.32 Å². The van der Waals surface area contributed by atoms with Gasteiger partial charge in [0.25, 0.3) is 5.91 Å². The van der Waals surface area contributed by atoms with Crippen molar-refractivity contribution >= 4 is 21.4 Å². The predicted octanol–water partition coefficient (Wildman–Crippen LogP) is 3.34. The van der Waals surface area contributed by atoms with Crippen molar-refractivity contribution < 1.29 is 26.7 Å². The van der Waals surface area contributed by atoms with Gasteiger partial charge in [-0.05, 0) is 49.1 Å². The van der Waals surface area contributed by atoms with E-state index in [4.69, 9.17) is 4.74 Å². The molecule has 0 unspecified atom stereocenters. The summed E-state index contributed by atoms with van der Waals surface area (Å²) in [4.78, 5) is 12.4. The van der Waals surface area contributed by atoms with Gasteiger partial charge < -0.3 is 10.1 Å². The van der Waals surface area contributed by atoms with E-state index in [1.54, 1.807) is 0 Å². The Bertz CT molecular complexity index is 970. The van der Waals surface area contributed by atoms with Gasteiger partial charge in [0.2, 0.25) is 0 Å². The molecule has 1 saturated heterocycles. The Kier molecular flexibility index (Phi) is 5.57. The molecule has 1 fully saturated rings. The van der Waals surface area contributed by atoms with Gasteiger partial charge in [0.1, 0.15) is 11.6 Å². The largest absolute Gasteiger partial charge is 0.381 e. The van der Waals surface area contributed by atoms with Crippen molar-refractivity contribution in [3.8, 4) is 0 Å². The fourth-order valence-corrected chi connectivity index (χ4v) is 4.57. The second-order valence-electron chi connectivity index (χ2n) is 6.57. The number of carbonyl (C=O) groups excluding carboxylic acids is 1. The molecule has 2 aromatic rings. The Balaban J connectivity index is 1.80. The minimum Gasteiger partial charge on any atom is -0.381 e. The number of hydrogen-bond acceptors (Lipinski definition) is 4. The molecule has 0 aromatic heterocycles. The lowest BCUT2D eigenvalue weighted by molar-refractivity contribution is 0.102. The fraction of sp³-hybridized carbons (Fsp3) is 0.316. The van der Waals surface area contributed by atoms with Gasteiger partial charge in [-0.3, -0.25) is 4.79 Å². The normalized spacial score (nSPS) is 17.1. The molecule has 1 aliphatic rings. The lowest BCUT2D eigenvalue weighted by Crippen LogP contribution is -2.18. The first kappa shape index (κ1) is 19.4. The number of carbonyl (C=O) groups is 1. The minimum absolute atomic E-state index is 0.0257. The quantitative estimate of drug-likeness (QED) is 0.843. The molecular formula is C19H19F2NO4S. The van der Waals surface area contributed by atoms with Crippen LogP contribution in [0.2, 0.25) is 0 Å². The molecular weight excluding hydrogens is 376 g/mol. The lowest BCUT2D eigenvalue weighted by atomic mass is 10.1. The summed E-state index contributed by atoms with van der Waals surface area (Å²) in [6, 6.07) is 7.44. The molecule has 0 spiro atoms. The van der Waals surface area contributed by atoms with Gasteiger partial charge in [0, 0.05) is 18.2 Å². The maximum Gasteiger partial charge on any atom is 0.255 e. The van der Waals surface area contributed by atoms with E-state index in [1.807, 2.05) is 0 Å². The zero-order chi connectivity index (χ0) is 19.6. The second-order valence-corrected chi connectivity index (χ2v) is 8.61. The van der Waals surface area contributed by atoms with Crippen molar-refractivity contribution in [2.45, 2.75) is 18.2 Å². The number of amides is 1. The molecule has 1 amide bonds. The van der Waals surface area contributed by atoms with E-state index in [1.165, 1.54) is 37.3 Å². The van der Waals surface area contributed by atoms with Crippen LogP contribution in [0.3, 0.4) is 0 Å². The van der Waals surface area contributed by atoms with Crippen LogP contribution >= 0.6 is 0 Å². The molecule has 27 heavy (non-hydrogen) atoms. The standard InChI is InChI=1S/C19H19F2NO4S/c1-12-7-18(17(21)9-16(12)20)22-19(23)14-3-2-4-15(8-14)27(24,25)11-13-5-6-26-10-13/h2-4,7-9,13H,5-6,10-11H2,1H3,(H,22,23)/t13-/m0/s1. The van der Waals surface area contributed by atoms with Crippen molar-refractivity contribution in [3.63, 3.8) is 0 Å². The zero-order valence-electron chi connectivity index (χ0n) is 14.7. The van der Waals surface area contributed by atoms with E-state index < -0.39 is 27.4 Å². The van der Waals surface area contributed by atoms with E-state index in [0.717, 1.165) is 0 Å². The van der Waals surface area contributed by atoms with Crippen molar-refractivity contribution in [1.29, 1.82) is 0 Å². The van der Waals surface area contributed by atoms with Crippen LogP contribution in [-0.4, -0.2) is 33.3 Å². The number of ether oxygens (including phenoxy) is 1. The SMILES string of the molecule is Cc1cc(NC(=O)c2cccc(S(=O)(=O)C[C@H]3CCOC3)c2)c(F)cc1F. The first-order valence-electron chi connectivity index (χ1n) is 8.44. The van der Waals surface area contributed by atoms with Crippen molar-refractivity contribution in [1.82, 2.24) is 0 Å². The molecule has 0 aliphatic carbocycles. The first-order chi connectivity index (χ1) is 12.8. The maximum absolute atomic E-state index is 13.8. The Labute approximate surface area is 156 Å². The van der Waals surface area contributed by atoms with Crippen molar-refractivity contribution in [2.75, 3.05) is 24.3 Å². The summed E-state index contributed by atoms with van der Waals surface area (Å²) in [5, 5.41) is 2.35. The van der Waals surface area contributed by atoms with Gasteiger partial charge in [-0.2, -0.15) is 0 Å². The van der Waals surface area contributed by atoms with Crippen LogP contribution in [0.5, 0.6) is 0 Å². The Hall–Kier alpha value is -2.32. The molecule has 5 nitrogen and oxygen atoms in total. The molecule has 1 N–H and O–H groups in total. The topological polar surface area (TPSA) is 72.5 Å². The van der Waals surface area contributed by atoms with Crippen LogP contribution < -0.4 is 5.32 Å². The van der Waals surface area contributed by atoms with Gasteiger partial charge in [-0.15, -0.1) is 0 Å². The van der Waals surface area contributed by atoms with E-state index in [0.29, 0.717) is 25.7 Å². The summed E-state index contributed by atoms with van der Waals surface area (Å²) in [6.45, 7) is 2.40. The Morgan fingerprint density at radius 1 is 1.22 bits per heavy atom. The molecule has 1 atom stereocenters. The highest BCUT2D eigenvalue weighted by Crippen LogP contribution is 2.23. The highest BCUT2D eigenvalue weighted by atomic mass is 32.2. The second kappa shape index (κ2) is 7.74. The van der Waals surface area contributed by atoms with Crippen LogP contribution in [0, 0.1) is 24.5 Å². The Morgan fingerprint density at radius 3 is 2.70 bits per heavy atom. The highest BCUT2D eigenvalue weighted by molar-refractivity contribution is 7.91. The predicted molar refractivity (Wildman–Crippen MR) is 96.5 cm³/mol. The summed E-state index contributed by atoms with van der Waals surface area (Å²) in [7, 11) is -3.58. The van der Waals surface area contributed by atoms with Gasteiger partial charge in [0.05, 0.1) is 22.9 Å². The summed E-state index contributed by atoms with van der Waals surface area (Å²) in [5.41, 5.74) is 0.0807. The monoisotopic (exact) mass is 395 g/mol. The lowest BCUT2D eigenvalue weighted by Gasteiger charge is -2.11. The van der Waals surface area contributed by atoms with Crippen LogP contribution in [0.15, 0.2) is 41.3 Å². The highest BCUT2D eigenvalue weighted by Gasteiger charge is 2.25. The average molecular weight is 395 g/mol. The number of anilines is 1. The van der Waals surface area contributed by atoms with Gasteiger partial charge in [-0.1, -0.05) is 6.07 Å². The third-order valence-corrected chi connectivity index (χ3v) is 6.31. The van der Waals surface area contributed by atoms with Crippen molar-refractivity contribution in [2.24, 2.45) is 5.92 Å². The number of hydrogen-bond donors (Lipinski definition) is 1. The van der Waals surface area contributed by atoms with Gasteiger partial charge in [-0.25, -0.2) is 17.2 Å². The number of nitrogens with one attached hydrogen (secondary N) is 1. The Morgan fingerprint density at radius 2 is 2.00 bits per heavy atom. The van der Waals surface area contributed by atoms with Gasteiger partial charge >= 0.3 is 0 Å². The molecule has 3 rings (SSSR count). The van der Waals surface area contributed by atoms with Crippen molar-refractivity contribution in [3.05, 3.63) is 59.2 Å². The van der Waals surface area contributed by atoms with Crippen LogP contribution in [0.4, 0.5) is 14.5 Å². The molecule has 0 saturated carbocycles. The number of halogens is 2. The smallest absolute Gasteiger partial charge is 0.255 e. The number of sulfone groups is 1. The number of rotatable bonds is 5. The molecule has 0 bridgehead atoms. The number of benzene rings is 2. The van der Waals surface area contributed by atoms with Gasteiger partial charge in [0.15, 0.2) is 9.84 Å². The number of aryl methyl sites for hydroxylation is 1. The molecule has 2 aromatic carbocycles. The molecule has 144 valence electrons. The average Bonchev–Trinajstić information content (AvgIpc) is 3.12. The zero-order valence-corrected chi connectivity index (χ0v) is 15.5.